The van der Waals surface area contributed by atoms with E-state index in [1.807, 2.05) is 49.0 Å². The molecule has 0 fully saturated rings. The van der Waals surface area contributed by atoms with Crippen molar-refractivity contribution in [3.05, 3.63) is 59.4 Å². The number of hydrogen-bond donors (Lipinski definition) is 1. The van der Waals surface area contributed by atoms with E-state index in [2.05, 4.69) is 24.4 Å². The van der Waals surface area contributed by atoms with Gasteiger partial charge in [0.15, 0.2) is 12.4 Å². The number of nitrogens with zero attached hydrogens (tertiary/aromatic N) is 1. The van der Waals surface area contributed by atoms with Crippen molar-refractivity contribution in [3.63, 3.8) is 0 Å². The summed E-state index contributed by atoms with van der Waals surface area (Å²) in [7, 11) is 0. The van der Waals surface area contributed by atoms with Gasteiger partial charge in [-0.2, -0.15) is 4.57 Å². The molecule has 0 atom stereocenters. The van der Waals surface area contributed by atoms with Crippen molar-refractivity contribution in [2.75, 3.05) is 5.32 Å². The highest BCUT2D eigenvalue weighted by atomic mass is 16.1. The van der Waals surface area contributed by atoms with Crippen LogP contribution in [0.2, 0.25) is 0 Å². The molecule has 0 radical (unpaired) electrons. The lowest BCUT2D eigenvalue weighted by atomic mass is 10.1. The summed E-state index contributed by atoms with van der Waals surface area (Å²) in [6, 6.07) is 9.92. The van der Waals surface area contributed by atoms with Gasteiger partial charge < -0.3 is 5.32 Å². The number of aryl methyl sites for hydroxylation is 3. The van der Waals surface area contributed by atoms with Gasteiger partial charge in [0.1, 0.15) is 0 Å². The normalized spacial score (nSPS) is 10.3. The highest BCUT2D eigenvalue weighted by Crippen LogP contribution is 2.21. The van der Waals surface area contributed by atoms with Gasteiger partial charge in [-0.1, -0.05) is 23.8 Å². The second kappa shape index (κ2) is 5.65. The summed E-state index contributed by atoms with van der Waals surface area (Å²) in [6.07, 6.45) is 3.77. The van der Waals surface area contributed by atoms with E-state index in [1.54, 1.807) is 0 Å². The summed E-state index contributed by atoms with van der Waals surface area (Å²) in [6.45, 7) is 6.43. The molecule has 0 aliphatic rings. The summed E-state index contributed by atoms with van der Waals surface area (Å²) in [5.41, 5.74) is 4.34. The van der Waals surface area contributed by atoms with Crippen LogP contribution in [0, 0.1) is 20.8 Å². The van der Waals surface area contributed by atoms with E-state index in [0.29, 0.717) is 6.54 Å². The van der Waals surface area contributed by atoms with Crippen LogP contribution in [-0.2, 0) is 11.3 Å². The van der Waals surface area contributed by atoms with Crippen LogP contribution in [0.3, 0.4) is 0 Å². The fourth-order valence-electron chi connectivity index (χ4n) is 2.26. The number of amides is 1. The maximum absolute atomic E-state index is 12.0. The van der Waals surface area contributed by atoms with Crippen molar-refractivity contribution in [1.29, 1.82) is 0 Å². The van der Waals surface area contributed by atoms with E-state index in [1.165, 1.54) is 5.56 Å². The minimum absolute atomic E-state index is 0.00810. The smallest absolute Gasteiger partial charge is 0.290 e. The number of benzene rings is 1. The van der Waals surface area contributed by atoms with Gasteiger partial charge in [-0.3, -0.25) is 4.79 Å². The Morgan fingerprint density at radius 1 is 1.05 bits per heavy atom. The molecule has 0 spiro atoms. The lowest BCUT2D eigenvalue weighted by Crippen LogP contribution is -2.39. The Morgan fingerprint density at radius 2 is 1.63 bits per heavy atom. The van der Waals surface area contributed by atoms with E-state index >= 15 is 0 Å². The number of pyridine rings is 1. The molecule has 0 saturated carbocycles. The van der Waals surface area contributed by atoms with Gasteiger partial charge in [0.2, 0.25) is 6.54 Å². The Morgan fingerprint density at radius 3 is 2.21 bits per heavy atom. The first kappa shape index (κ1) is 13.3. The van der Waals surface area contributed by atoms with Crippen molar-refractivity contribution in [3.8, 4) is 0 Å². The standard InChI is InChI=1S/C16H18N2O/c1-12-9-13(2)16(14(3)10-12)17-15(19)11-18-7-5-4-6-8-18/h4-10H,11H2,1-3H3/p+1. The van der Waals surface area contributed by atoms with Gasteiger partial charge in [0.05, 0.1) is 0 Å². The van der Waals surface area contributed by atoms with Crippen LogP contribution in [-0.4, -0.2) is 5.91 Å². The van der Waals surface area contributed by atoms with Crippen LogP contribution in [0.4, 0.5) is 5.69 Å². The zero-order valence-electron chi connectivity index (χ0n) is 11.6. The van der Waals surface area contributed by atoms with Gasteiger partial charge in [-0.25, -0.2) is 0 Å². The molecule has 98 valence electrons. The summed E-state index contributed by atoms with van der Waals surface area (Å²) >= 11 is 0. The van der Waals surface area contributed by atoms with Gasteiger partial charge in [0.25, 0.3) is 5.91 Å². The SMILES string of the molecule is Cc1cc(C)c(NC(=O)C[n+]2ccccc2)c(C)c1. The van der Waals surface area contributed by atoms with Crippen LogP contribution >= 0.6 is 0 Å². The summed E-state index contributed by atoms with van der Waals surface area (Å²) in [5, 5.41) is 2.99. The summed E-state index contributed by atoms with van der Waals surface area (Å²) < 4.78 is 1.86. The number of carbonyl (C=O) groups is 1. The van der Waals surface area contributed by atoms with Gasteiger partial charge in [-0.05, 0) is 31.9 Å². The minimum atomic E-state index is -0.00810. The number of carbonyl (C=O) groups excluding carboxylic acids is 1. The van der Waals surface area contributed by atoms with Gasteiger partial charge in [0, 0.05) is 17.8 Å². The Balaban J connectivity index is 2.12. The number of nitrogens with one attached hydrogen (secondary N) is 1. The maximum atomic E-state index is 12.0. The second-order valence-corrected chi connectivity index (χ2v) is 4.87. The molecular weight excluding hydrogens is 236 g/mol. The maximum Gasteiger partial charge on any atom is 0.290 e. The van der Waals surface area contributed by atoms with Crippen molar-refractivity contribution in [1.82, 2.24) is 0 Å². The van der Waals surface area contributed by atoms with Crippen molar-refractivity contribution in [2.24, 2.45) is 0 Å². The molecule has 1 aromatic carbocycles. The molecule has 1 heterocycles. The molecule has 0 unspecified atom stereocenters. The van der Waals surface area contributed by atoms with Crippen LogP contribution in [0.25, 0.3) is 0 Å². The molecule has 0 bridgehead atoms. The molecule has 1 amide bonds. The molecule has 1 N–H and O–H groups in total. The zero-order valence-corrected chi connectivity index (χ0v) is 11.6. The van der Waals surface area contributed by atoms with E-state index in [0.717, 1.165) is 16.8 Å². The van der Waals surface area contributed by atoms with Crippen LogP contribution in [0.1, 0.15) is 16.7 Å². The quantitative estimate of drug-likeness (QED) is 0.840. The molecule has 3 nitrogen and oxygen atoms in total. The first-order valence-electron chi connectivity index (χ1n) is 6.38. The average molecular weight is 255 g/mol. The lowest BCUT2D eigenvalue weighted by molar-refractivity contribution is -0.684. The number of aromatic nitrogens is 1. The van der Waals surface area contributed by atoms with Crippen LogP contribution in [0.15, 0.2) is 42.7 Å². The number of anilines is 1. The zero-order chi connectivity index (χ0) is 13.8. The number of rotatable bonds is 3. The molecule has 1 aromatic heterocycles. The molecule has 3 heteroatoms. The molecule has 2 rings (SSSR count). The first-order valence-corrected chi connectivity index (χ1v) is 6.38. The van der Waals surface area contributed by atoms with Gasteiger partial charge in [-0.15, -0.1) is 0 Å². The Bertz CT molecular complexity index is 568. The third-order valence-electron chi connectivity index (χ3n) is 3.04. The van der Waals surface area contributed by atoms with Crippen LogP contribution < -0.4 is 9.88 Å². The molecule has 0 aliphatic heterocycles. The topological polar surface area (TPSA) is 33.0 Å². The molecular formula is C16H19N2O+. The van der Waals surface area contributed by atoms with Crippen molar-refractivity contribution < 1.29 is 9.36 Å². The molecule has 0 saturated heterocycles. The molecule has 2 aromatic rings. The largest absolute Gasteiger partial charge is 0.320 e. The molecule has 0 aliphatic carbocycles. The average Bonchev–Trinajstić information content (AvgIpc) is 2.35. The Hall–Kier alpha value is -2.16. The highest BCUT2D eigenvalue weighted by molar-refractivity contribution is 5.91. The van der Waals surface area contributed by atoms with Crippen LogP contribution in [0.5, 0.6) is 0 Å². The Labute approximate surface area is 113 Å². The highest BCUT2D eigenvalue weighted by Gasteiger charge is 2.12. The second-order valence-electron chi connectivity index (χ2n) is 4.87. The monoisotopic (exact) mass is 255 g/mol. The third-order valence-corrected chi connectivity index (χ3v) is 3.04. The van der Waals surface area contributed by atoms with E-state index in [4.69, 9.17) is 0 Å². The lowest BCUT2D eigenvalue weighted by Gasteiger charge is -2.11. The number of hydrogen-bond acceptors (Lipinski definition) is 1. The van der Waals surface area contributed by atoms with E-state index < -0.39 is 0 Å². The fraction of sp³-hybridized carbons (Fsp3) is 0.250. The van der Waals surface area contributed by atoms with Crippen molar-refractivity contribution >= 4 is 11.6 Å². The molecule has 19 heavy (non-hydrogen) atoms. The van der Waals surface area contributed by atoms with Gasteiger partial charge >= 0.3 is 0 Å². The predicted molar refractivity (Wildman–Crippen MR) is 75.9 cm³/mol. The first-order chi connectivity index (χ1) is 9.06. The Kier molecular flexibility index (Phi) is 3.95. The summed E-state index contributed by atoms with van der Waals surface area (Å²) in [4.78, 5) is 12.0. The van der Waals surface area contributed by atoms with E-state index in [9.17, 15) is 4.79 Å². The summed E-state index contributed by atoms with van der Waals surface area (Å²) in [5.74, 6) is -0.00810. The van der Waals surface area contributed by atoms with E-state index in [-0.39, 0.29) is 5.91 Å². The fourth-order valence-corrected chi connectivity index (χ4v) is 2.26. The predicted octanol–water partition coefficient (Wildman–Crippen LogP) is 2.54. The minimum Gasteiger partial charge on any atom is -0.320 e. The third kappa shape index (κ3) is 3.41. The van der Waals surface area contributed by atoms with Crippen molar-refractivity contribution in [2.45, 2.75) is 27.3 Å².